The molecule has 5 nitrogen and oxygen atoms in total. The molecule has 1 aromatic carbocycles. The van der Waals surface area contributed by atoms with Crippen LogP contribution in [0.15, 0.2) is 29.7 Å². The van der Waals surface area contributed by atoms with Crippen molar-refractivity contribution in [1.29, 1.82) is 0 Å². The second-order valence-corrected chi connectivity index (χ2v) is 3.33. The molecule has 72 valence electrons. The number of rotatable bonds is 2. The molecule has 0 radical (unpaired) electrons. The molecule has 6 heteroatoms. The normalized spacial score (nSPS) is 14.7. The van der Waals surface area contributed by atoms with E-state index >= 15 is 0 Å². The first-order chi connectivity index (χ1) is 6.79. The predicted molar refractivity (Wildman–Crippen MR) is 54.9 cm³/mol. The molecule has 0 fully saturated rings. The third-order valence-electron chi connectivity index (χ3n) is 1.81. The minimum Gasteiger partial charge on any atom is -0.310 e. The summed E-state index contributed by atoms with van der Waals surface area (Å²) in [6.07, 6.45) is 0. The summed E-state index contributed by atoms with van der Waals surface area (Å²) < 4.78 is 0. The summed E-state index contributed by atoms with van der Waals surface area (Å²) in [7, 11) is 0. The molecule has 0 aromatic heterocycles. The zero-order valence-electron chi connectivity index (χ0n) is 7.06. The van der Waals surface area contributed by atoms with Crippen molar-refractivity contribution >= 4 is 23.3 Å². The van der Waals surface area contributed by atoms with Gasteiger partial charge in [0.05, 0.1) is 16.2 Å². The molecule has 2 N–H and O–H groups in total. The number of hydrazine groups is 1. The van der Waals surface area contributed by atoms with Gasteiger partial charge in [0.15, 0.2) is 0 Å². The van der Waals surface area contributed by atoms with Crippen LogP contribution < -0.4 is 10.3 Å². The molecule has 0 atom stereocenters. The molecule has 0 saturated heterocycles. The number of hydrogen-bond donors (Lipinski definition) is 2. The van der Waals surface area contributed by atoms with Crippen LogP contribution in [0.1, 0.15) is 5.56 Å². The van der Waals surface area contributed by atoms with E-state index in [0.717, 1.165) is 5.70 Å². The maximum absolute atomic E-state index is 10.7. The Balaban J connectivity index is 2.46. The van der Waals surface area contributed by atoms with Crippen LogP contribution in [0.2, 0.25) is 0 Å². The first-order valence-electron chi connectivity index (χ1n) is 3.89. The minimum atomic E-state index is -0.388. The molecule has 1 aliphatic heterocycles. The van der Waals surface area contributed by atoms with Crippen molar-refractivity contribution in [2.75, 3.05) is 0 Å². The lowest BCUT2D eigenvalue weighted by atomic mass is 10.1. The third kappa shape index (κ3) is 1.57. The van der Waals surface area contributed by atoms with Gasteiger partial charge in [-0.1, -0.05) is 12.1 Å². The molecule has 14 heavy (non-hydrogen) atoms. The van der Waals surface area contributed by atoms with Gasteiger partial charge in [-0.25, -0.2) is 0 Å². The first kappa shape index (κ1) is 9.04. The van der Waals surface area contributed by atoms with E-state index in [1.165, 1.54) is 18.0 Å². The summed E-state index contributed by atoms with van der Waals surface area (Å²) in [6.45, 7) is 0. The Morgan fingerprint density at radius 2 is 2.14 bits per heavy atom. The lowest BCUT2D eigenvalue weighted by Gasteiger charge is -2.03. The fraction of sp³-hybridized carbons (Fsp3) is 0. The molecule has 0 unspecified atom stereocenters. The van der Waals surface area contributed by atoms with Gasteiger partial charge in [-0.15, -0.1) is 0 Å². The SMILES string of the molecule is O=[N+]([O-])c1ccccc1C1=CSNN1. The maximum Gasteiger partial charge on any atom is 0.278 e. The van der Waals surface area contributed by atoms with Crippen LogP contribution >= 0.6 is 11.9 Å². The Morgan fingerprint density at radius 3 is 2.79 bits per heavy atom. The Kier molecular flexibility index (Phi) is 2.38. The van der Waals surface area contributed by atoms with E-state index < -0.39 is 0 Å². The van der Waals surface area contributed by atoms with Crippen molar-refractivity contribution in [2.45, 2.75) is 0 Å². The van der Waals surface area contributed by atoms with Crippen molar-refractivity contribution in [3.05, 3.63) is 45.4 Å². The highest BCUT2D eigenvalue weighted by Crippen LogP contribution is 2.27. The largest absolute Gasteiger partial charge is 0.310 e. The van der Waals surface area contributed by atoms with Gasteiger partial charge in [0.25, 0.3) is 5.69 Å². The Bertz CT molecular complexity index is 405. The molecular formula is C8H7N3O2S. The van der Waals surface area contributed by atoms with Crippen molar-refractivity contribution in [1.82, 2.24) is 10.3 Å². The van der Waals surface area contributed by atoms with Gasteiger partial charge < -0.3 is 5.43 Å². The van der Waals surface area contributed by atoms with E-state index in [2.05, 4.69) is 10.3 Å². The standard InChI is InChI=1S/C8H7N3O2S/c12-11(13)8-4-2-1-3-6(8)7-5-14-10-9-7/h1-5,9-10H. The molecule has 0 saturated carbocycles. The lowest BCUT2D eigenvalue weighted by molar-refractivity contribution is -0.385. The fourth-order valence-corrected chi connectivity index (χ4v) is 1.73. The third-order valence-corrected chi connectivity index (χ3v) is 2.39. The summed E-state index contributed by atoms with van der Waals surface area (Å²) >= 11 is 1.35. The second-order valence-electron chi connectivity index (χ2n) is 2.65. The van der Waals surface area contributed by atoms with Crippen LogP contribution in [0.3, 0.4) is 0 Å². The van der Waals surface area contributed by atoms with Gasteiger partial charge in [-0.05, 0) is 18.0 Å². The average molecular weight is 209 g/mol. The van der Waals surface area contributed by atoms with Crippen molar-refractivity contribution < 1.29 is 4.92 Å². The predicted octanol–water partition coefficient (Wildman–Crippen LogP) is 1.65. The average Bonchev–Trinajstić information content (AvgIpc) is 2.70. The van der Waals surface area contributed by atoms with Crippen LogP contribution in [0, 0.1) is 10.1 Å². The van der Waals surface area contributed by atoms with Crippen molar-refractivity contribution in [3.63, 3.8) is 0 Å². The maximum atomic E-state index is 10.7. The highest BCUT2D eigenvalue weighted by atomic mass is 32.2. The molecule has 2 rings (SSSR count). The zero-order valence-corrected chi connectivity index (χ0v) is 7.88. The summed E-state index contributed by atoms with van der Waals surface area (Å²) in [4.78, 5) is 13.1. The molecule has 0 spiro atoms. The Morgan fingerprint density at radius 1 is 1.36 bits per heavy atom. The Hall–Kier alpha value is -1.53. The molecule has 0 bridgehead atoms. The number of para-hydroxylation sites is 1. The highest BCUT2D eigenvalue weighted by molar-refractivity contribution is 8.00. The van der Waals surface area contributed by atoms with E-state index in [1.807, 2.05) is 0 Å². The highest BCUT2D eigenvalue weighted by Gasteiger charge is 2.17. The molecular weight excluding hydrogens is 202 g/mol. The lowest BCUT2D eigenvalue weighted by Crippen LogP contribution is -2.18. The fourth-order valence-electron chi connectivity index (χ4n) is 1.19. The minimum absolute atomic E-state index is 0.107. The molecule has 1 heterocycles. The summed E-state index contributed by atoms with van der Waals surface area (Å²) in [5.41, 5.74) is 4.26. The van der Waals surface area contributed by atoms with E-state index in [-0.39, 0.29) is 10.6 Å². The van der Waals surface area contributed by atoms with Crippen LogP contribution in [0.25, 0.3) is 5.70 Å². The van der Waals surface area contributed by atoms with E-state index in [1.54, 1.807) is 23.6 Å². The van der Waals surface area contributed by atoms with Gasteiger partial charge >= 0.3 is 0 Å². The molecule has 1 aliphatic rings. The van der Waals surface area contributed by atoms with Gasteiger partial charge in [0.1, 0.15) is 0 Å². The Labute approximate surface area is 84.4 Å². The molecule has 1 aromatic rings. The second kappa shape index (κ2) is 3.69. The number of benzene rings is 1. The summed E-state index contributed by atoms with van der Waals surface area (Å²) in [5.74, 6) is 0. The number of nitrogens with one attached hydrogen (secondary N) is 2. The number of nitro benzene ring substituents is 1. The van der Waals surface area contributed by atoms with Crippen molar-refractivity contribution in [3.8, 4) is 0 Å². The first-order valence-corrected chi connectivity index (χ1v) is 4.77. The van der Waals surface area contributed by atoms with Gasteiger partial charge in [0.2, 0.25) is 0 Å². The zero-order chi connectivity index (χ0) is 9.97. The van der Waals surface area contributed by atoms with E-state index in [0.29, 0.717) is 5.56 Å². The van der Waals surface area contributed by atoms with E-state index in [4.69, 9.17) is 0 Å². The van der Waals surface area contributed by atoms with Crippen LogP contribution in [-0.2, 0) is 0 Å². The monoisotopic (exact) mass is 209 g/mol. The molecule has 0 aliphatic carbocycles. The van der Waals surface area contributed by atoms with Crippen LogP contribution in [0.4, 0.5) is 5.69 Å². The van der Waals surface area contributed by atoms with Gasteiger partial charge in [0, 0.05) is 11.5 Å². The van der Waals surface area contributed by atoms with Gasteiger partial charge in [-0.2, -0.15) is 4.83 Å². The number of hydrogen-bond acceptors (Lipinski definition) is 5. The number of nitro groups is 1. The topological polar surface area (TPSA) is 67.2 Å². The number of nitrogens with zero attached hydrogens (tertiary/aromatic N) is 1. The van der Waals surface area contributed by atoms with Crippen molar-refractivity contribution in [2.24, 2.45) is 0 Å². The van der Waals surface area contributed by atoms with Crippen LogP contribution in [0.5, 0.6) is 0 Å². The van der Waals surface area contributed by atoms with Crippen LogP contribution in [-0.4, -0.2) is 4.92 Å². The summed E-state index contributed by atoms with van der Waals surface area (Å²) in [5, 5.41) is 12.5. The quantitative estimate of drug-likeness (QED) is 0.440. The molecule has 0 amide bonds. The van der Waals surface area contributed by atoms with E-state index in [9.17, 15) is 10.1 Å². The summed E-state index contributed by atoms with van der Waals surface area (Å²) in [6, 6.07) is 6.62. The van der Waals surface area contributed by atoms with Gasteiger partial charge in [-0.3, -0.25) is 10.1 Å². The smallest absolute Gasteiger partial charge is 0.278 e.